The van der Waals surface area contributed by atoms with E-state index in [0.717, 1.165) is 5.69 Å². The summed E-state index contributed by atoms with van der Waals surface area (Å²) in [5.41, 5.74) is 2.90. The second-order valence-corrected chi connectivity index (χ2v) is 8.53. The average molecular weight is 427 g/mol. The lowest BCUT2D eigenvalue weighted by atomic mass is 10.1. The highest BCUT2D eigenvalue weighted by atomic mass is 32.2. The van der Waals surface area contributed by atoms with Gasteiger partial charge >= 0.3 is 0 Å². The van der Waals surface area contributed by atoms with Gasteiger partial charge in [-0.15, -0.1) is 0 Å². The van der Waals surface area contributed by atoms with Crippen molar-refractivity contribution >= 4 is 38.3 Å². The molecular formula is C20H21N5O4S. The number of anilines is 2. The highest BCUT2D eigenvalue weighted by Gasteiger charge is 2.23. The first kappa shape index (κ1) is 20.2. The first-order chi connectivity index (χ1) is 14.3. The summed E-state index contributed by atoms with van der Waals surface area (Å²) in [4.78, 5) is 23.7. The summed E-state index contributed by atoms with van der Waals surface area (Å²) in [6, 6.07) is 9.72. The molecule has 3 heterocycles. The van der Waals surface area contributed by atoms with Crippen LogP contribution < -0.4 is 10.5 Å². The smallest absolute Gasteiger partial charge is 0.257 e. The number of morpholine rings is 1. The van der Waals surface area contributed by atoms with Crippen molar-refractivity contribution < 1.29 is 17.9 Å². The summed E-state index contributed by atoms with van der Waals surface area (Å²) < 4.78 is 28.4. The Kier molecular flexibility index (Phi) is 5.37. The number of sulfonamides is 1. The van der Waals surface area contributed by atoms with Gasteiger partial charge in [-0.3, -0.25) is 4.79 Å². The number of benzene rings is 1. The summed E-state index contributed by atoms with van der Waals surface area (Å²) >= 11 is 0. The second-order valence-electron chi connectivity index (χ2n) is 6.97. The minimum atomic E-state index is -3.79. The van der Waals surface area contributed by atoms with Gasteiger partial charge in [-0.25, -0.2) is 23.5 Å². The molecule has 10 heteroatoms. The van der Waals surface area contributed by atoms with Crippen molar-refractivity contribution in [1.82, 2.24) is 14.9 Å². The van der Waals surface area contributed by atoms with E-state index in [4.69, 9.17) is 9.88 Å². The lowest BCUT2D eigenvalue weighted by Gasteiger charge is -2.27. The maximum atomic E-state index is 13.2. The fourth-order valence-electron chi connectivity index (χ4n) is 3.28. The quantitative estimate of drug-likeness (QED) is 0.650. The number of hydrogen-bond acceptors (Lipinski definition) is 7. The standard InChI is InChI=1S/C20H21N5O4S/c1-13-2-7-16-18(24-14-3-5-15(6-4-14)30(21,27)28)17(12-22-19(16)23-13)20(26)25-8-10-29-11-9-25/h2-7,12H,8-11H2,1H3,(H2,21,27,28)(H,22,23,24). The molecule has 0 aliphatic carbocycles. The van der Waals surface area contributed by atoms with E-state index in [2.05, 4.69) is 15.3 Å². The Morgan fingerprint density at radius 1 is 1.13 bits per heavy atom. The number of pyridine rings is 2. The van der Waals surface area contributed by atoms with Crippen LogP contribution >= 0.6 is 0 Å². The first-order valence-electron chi connectivity index (χ1n) is 9.36. The van der Waals surface area contributed by atoms with E-state index < -0.39 is 10.0 Å². The predicted octanol–water partition coefficient (Wildman–Crippen LogP) is 1.80. The summed E-state index contributed by atoms with van der Waals surface area (Å²) in [5.74, 6) is -0.156. The highest BCUT2D eigenvalue weighted by molar-refractivity contribution is 7.89. The molecule has 0 saturated carbocycles. The summed E-state index contributed by atoms with van der Waals surface area (Å²) in [6.45, 7) is 3.86. The van der Waals surface area contributed by atoms with Crippen LogP contribution in [-0.2, 0) is 14.8 Å². The van der Waals surface area contributed by atoms with Crippen LogP contribution in [0.3, 0.4) is 0 Å². The van der Waals surface area contributed by atoms with Crippen LogP contribution in [0.1, 0.15) is 16.1 Å². The van der Waals surface area contributed by atoms with Crippen molar-refractivity contribution in [2.24, 2.45) is 5.14 Å². The van der Waals surface area contributed by atoms with Crippen LogP contribution in [0, 0.1) is 6.92 Å². The molecule has 3 N–H and O–H groups in total. The molecule has 9 nitrogen and oxygen atoms in total. The monoisotopic (exact) mass is 427 g/mol. The molecule has 1 aliphatic heterocycles. The maximum Gasteiger partial charge on any atom is 0.257 e. The van der Waals surface area contributed by atoms with Gasteiger partial charge in [0.2, 0.25) is 10.0 Å². The Labute approximate surface area is 173 Å². The van der Waals surface area contributed by atoms with Crippen LogP contribution in [0.4, 0.5) is 11.4 Å². The van der Waals surface area contributed by atoms with Gasteiger partial charge in [0.05, 0.1) is 29.4 Å². The molecule has 156 valence electrons. The highest BCUT2D eigenvalue weighted by Crippen LogP contribution is 2.30. The fraction of sp³-hybridized carbons (Fsp3) is 0.250. The van der Waals surface area contributed by atoms with Crippen molar-refractivity contribution in [1.29, 1.82) is 0 Å². The van der Waals surface area contributed by atoms with Gasteiger partial charge < -0.3 is 15.0 Å². The zero-order valence-corrected chi connectivity index (χ0v) is 17.1. The maximum absolute atomic E-state index is 13.2. The van der Waals surface area contributed by atoms with Crippen molar-refractivity contribution in [3.8, 4) is 0 Å². The zero-order chi connectivity index (χ0) is 21.3. The van der Waals surface area contributed by atoms with E-state index in [1.54, 1.807) is 17.0 Å². The van der Waals surface area contributed by atoms with E-state index in [-0.39, 0.29) is 10.8 Å². The Balaban J connectivity index is 1.78. The minimum absolute atomic E-state index is 0.00884. The van der Waals surface area contributed by atoms with Gasteiger partial charge in [-0.2, -0.15) is 0 Å². The van der Waals surface area contributed by atoms with Gasteiger partial charge in [0, 0.05) is 36.1 Å². The number of ether oxygens (including phenoxy) is 1. The normalized spacial score (nSPS) is 14.7. The lowest BCUT2D eigenvalue weighted by Crippen LogP contribution is -2.41. The number of aromatic nitrogens is 2. The minimum Gasteiger partial charge on any atom is -0.378 e. The van der Waals surface area contributed by atoms with E-state index in [1.165, 1.54) is 18.3 Å². The van der Waals surface area contributed by atoms with E-state index in [0.29, 0.717) is 54.3 Å². The zero-order valence-electron chi connectivity index (χ0n) is 16.3. The molecule has 1 aliphatic rings. The summed E-state index contributed by atoms with van der Waals surface area (Å²) in [6.07, 6.45) is 1.52. The van der Waals surface area contributed by atoms with Gasteiger partial charge in [0.15, 0.2) is 5.65 Å². The van der Waals surface area contributed by atoms with Crippen molar-refractivity contribution in [3.05, 3.63) is 53.9 Å². The number of nitrogens with two attached hydrogens (primary N) is 1. The molecule has 1 saturated heterocycles. The lowest BCUT2D eigenvalue weighted by molar-refractivity contribution is 0.0303. The Morgan fingerprint density at radius 2 is 1.83 bits per heavy atom. The molecule has 4 rings (SSSR count). The number of nitrogens with one attached hydrogen (secondary N) is 1. The van der Waals surface area contributed by atoms with Gasteiger partial charge in [-0.05, 0) is 43.3 Å². The Hall–Kier alpha value is -3.08. The van der Waals surface area contributed by atoms with Crippen molar-refractivity contribution in [2.75, 3.05) is 31.6 Å². The molecule has 30 heavy (non-hydrogen) atoms. The number of rotatable bonds is 4. The molecule has 2 aromatic heterocycles. The SMILES string of the molecule is Cc1ccc2c(Nc3ccc(S(N)(=O)=O)cc3)c(C(=O)N3CCOCC3)cnc2n1. The molecule has 1 fully saturated rings. The molecule has 0 unspecified atom stereocenters. The van der Waals surface area contributed by atoms with Crippen LogP contribution in [-0.4, -0.2) is 55.5 Å². The number of aryl methyl sites for hydroxylation is 1. The second kappa shape index (κ2) is 7.98. The molecule has 3 aromatic rings. The average Bonchev–Trinajstić information content (AvgIpc) is 2.73. The fourth-order valence-corrected chi connectivity index (χ4v) is 3.79. The predicted molar refractivity (Wildman–Crippen MR) is 112 cm³/mol. The largest absolute Gasteiger partial charge is 0.378 e. The number of hydrogen-bond donors (Lipinski definition) is 2. The number of nitrogens with zero attached hydrogens (tertiary/aromatic N) is 3. The number of carbonyl (C=O) groups is 1. The first-order valence-corrected chi connectivity index (χ1v) is 10.9. The molecule has 1 amide bonds. The summed E-state index contributed by atoms with van der Waals surface area (Å²) in [7, 11) is -3.79. The van der Waals surface area contributed by atoms with Gasteiger partial charge in [-0.1, -0.05) is 0 Å². The number of primary sulfonamides is 1. The topological polar surface area (TPSA) is 128 Å². The van der Waals surface area contributed by atoms with Crippen LogP contribution in [0.5, 0.6) is 0 Å². The van der Waals surface area contributed by atoms with Crippen LogP contribution in [0.15, 0.2) is 47.5 Å². The van der Waals surface area contributed by atoms with Crippen molar-refractivity contribution in [2.45, 2.75) is 11.8 Å². The molecule has 1 aromatic carbocycles. The number of amides is 1. The molecule has 0 radical (unpaired) electrons. The van der Waals surface area contributed by atoms with E-state index in [1.807, 2.05) is 19.1 Å². The van der Waals surface area contributed by atoms with Crippen molar-refractivity contribution in [3.63, 3.8) is 0 Å². The molecule has 0 bridgehead atoms. The molecule has 0 atom stereocenters. The van der Waals surface area contributed by atoms with Gasteiger partial charge in [0.25, 0.3) is 5.91 Å². The number of fused-ring (bicyclic) bond motifs is 1. The molecule has 0 spiro atoms. The third-order valence-electron chi connectivity index (χ3n) is 4.85. The Bertz CT molecular complexity index is 1210. The van der Waals surface area contributed by atoms with Crippen LogP contribution in [0.2, 0.25) is 0 Å². The number of carbonyl (C=O) groups excluding carboxylic acids is 1. The van der Waals surface area contributed by atoms with Crippen LogP contribution in [0.25, 0.3) is 11.0 Å². The third kappa shape index (κ3) is 4.11. The third-order valence-corrected chi connectivity index (χ3v) is 5.78. The Morgan fingerprint density at radius 3 is 2.50 bits per heavy atom. The molecular weight excluding hydrogens is 406 g/mol. The van der Waals surface area contributed by atoms with Gasteiger partial charge in [0.1, 0.15) is 0 Å². The van der Waals surface area contributed by atoms with E-state index in [9.17, 15) is 13.2 Å². The summed E-state index contributed by atoms with van der Waals surface area (Å²) in [5, 5.41) is 9.10. The van der Waals surface area contributed by atoms with E-state index >= 15 is 0 Å².